The van der Waals surface area contributed by atoms with Crippen molar-refractivity contribution in [1.29, 1.82) is 0 Å². The van der Waals surface area contributed by atoms with Gasteiger partial charge in [-0.3, -0.25) is 0 Å². The molecule has 0 heterocycles. The van der Waals surface area contributed by atoms with Gasteiger partial charge in [0, 0.05) is 0 Å². The molecule has 80 valence electrons. The molecule has 0 unspecified atom stereocenters. The van der Waals surface area contributed by atoms with E-state index < -0.39 is 7.51 Å². The fourth-order valence-corrected chi connectivity index (χ4v) is 2.68. The SMILES string of the molecule is CCOP(O)(O)(O)Cc1ccccc1. The molecule has 0 atom stereocenters. The van der Waals surface area contributed by atoms with Crippen molar-refractivity contribution in [2.45, 2.75) is 13.1 Å². The molecule has 5 heteroatoms. The van der Waals surface area contributed by atoms with Crippen molar-refractivity contribution in [2.24, 2.45) is 0 Å². The summed E-state index contributed by atoms with van der Waals surface area (Å²) in [4.78, 5) is 28.4. The van der Waals surface area contributed by atoms with E-state index in [1.54, 1.807) is 31.2 Å². The molecule has 1 aromatic carbocycles. The average Bonchev–Trinajstić information content (AvgIpc) is 2.03. The summed E-state index contributed by atoms with van der Waals surface area (Å²) in [6.07, 6.45) is -0.264. The molecular formula is C9H15O4P. The van der Waals surface area contributed by atoms with E-state index in [0.717, 1.165) is 0 Å². The van der Waals surface area contributed by atoms with Crippen molar-refractivity contribution >= 4 is 7.51 Å². The van der Waals surface area contributed by atoms with Crippen LogP contribution in [0.3, 0.4) is 0 Å². The standard InChI is InChI=1S/C9H15O4P/c1-2-13-14(10,11,12)8-9-6-4-3-5-7-9/h3-7,10-12H,2,8H2,1H3. The minimum absolute atomic E-state index is 0.0636. The normalized spacial score (nSPS) is 14.7. The van der Waals surface area contributed by atoms with Crippen LogP contribution in [0.15, 0.2) is 30.3 Å². The Kier molecular flexibility index (Phi) is 3.24. The van der Waals surface area contributed by atoms with Crippen LogP contribution in [-0.2, 0) is 10.7 Å². The van der Waals surface area contributed by atoms with Gasteiger partial charge < -0.3 is 0 Å². The zero-order valence-corrected chi connectivity index (χ0v) is 8.89. The average molecular weight is 218 g/mol. The summed E-state index contributed by atoms with van der Waals surface area (Å²) in [6, 6.07) is 8.72. The Morgan fingerprint density at radius 2 is 1.71 bits per heavy atom. The van der Waals surface area contributed by atoms with Crippen molar-refractivity contribution in [3.63, 3.8) is 0 Å². The van der Waals surface area contributed by atoms with Crippen molar-refractivity contribution in [3.05, 3.63) is 35.9 Å². The van der Waals surface area contributed by atoms with Crippen LogP contribution >= 0.6 is 7.51 Å². The predicted molar refractivity (Wildman–Crippen MR) is 55.3 cm³/mol. The number of hydrogen-bond donors (Lipinski definition) is 3. The van der Waals surface area contributed by atoms with E-state index in [2.05, 4.69) is 4.52 Å². The van der Waals surface area contributed by atoms with Crippen LogP contribution in [0.1, 0.15) is 12.5 Å². The Hall–Kier alpha value is -0.510. The van der Waals surface area contributed by atoms with Gasteiger partial charge in [-0.2, -0.15) is 0 Å². The van der Waals surface area contributed by atoms with Gasteiger partial charge in [0.05, 0.1) is 0 Å². The molecule has 3 N–H and O–H groups in total. The van der Waals surface area contributed by atoms with Gasteiger partial charge in [0.1, 0.15) is 0 Å². The zero-order valence-electron chi connectivity index (χ0n) is 8.00. The van der Waals surface area contributed by atoms with E-state index in [1.807, 2.05) is 6.07 Å². The third-order valence-corrected chi connectivity index (χ3v) is 3.40. The first-order chi connectivity index (χ1) is 6.41. The molecule has 1 aromatic rings. The van der Waals surface area contributed by atoms with Crippen molar-refractivity contribution < 1.29 is 19.2 Å². The summed E-state index contributed by atoms with van der Waals surface area (Å²) in [5.41, 5.74) is 0.631. The number of benzene rings is 1. The van der Waals surface area contributed by atoms with Gasteiger partial charge in [-0.25, -0.2) is 0 Å². The molecule has 14 heavy (non-hydrogen) atoms. The van der Waals surface area contributed by atoms with Crippen LogP contribution in [-0.4, -0.2) is 21.3 Å². The number of hydrogen-bond acceptors (Lipinski definition) is 4. The third kappa shape index (κ3) is 3.70. The van der Waals surface area contributed by atoms with Gasteiger partial charge >= 0.3 is 82.3 Å². The molecule has 0 fully saturated rings. The fourth-order valence-electron chi connectivity index (χ4n) is 1.21. The number of rotatable bonds is 4. The molecule has 0 bridgehead atoms. The minimum atomic E-state index is -4.91. The third-order valence-electron chi connectivity index (χ3n) is 1.70. The molecular weight excluding hydrogens is 203 g/mol. The predicted octanol–water partition coefficient (Wildman–Crippen LogP) is 1.41. The van der Waals surface area contributed by atoms with Crippen LogP contribution in [0.5, 0.6) is 0 Å². The van der Waals surface area contributed by atoms with E-state index in [1.165, 1.54) is 0 Å². The van der Waals surface area contributed by atoms with E-state index in [-0.39, 0.29) is 12.8 Å². The Balaban J connectivity index is 2.77. The Morgan fingerprint density at radius 1 is 1.14 bits per heavy atom. The summed E-state index contributed by atoms with van der Waals surface area (Å²) in [5.74, 6) is 0. The molecule has 0 aliphatic rings. The van der Waals surface area contributed by atoms with Crippen LogP contribution in [0, 0.1) is 0 Å². The second kappa shape index (κ2) is 3.93. The van der Waals surface area contributed by atoms with Gasteiger partial charge in [0.25, 0.3) is 0 Å². The first-order valence-corrected chi connectivity index (χ1v) is 6.56. The van der Waals surface area contributed by atoms with Gasteiger partial charge in [0.15, 0.2) is 0 Å². The molecule has 0 amide bonds. The van der Waals surface area contributed by atoms with Gasteiger partial charge in [0.2, 0.25) is 0 Å². The summed E-state index contributed by atoms with van der Waals surface area (Å²) in [6.45, 7) is 1.66. The van der Waals surface area contributed by atoms with E-state index in [9.17, 15) is 14.7 Å². The van der Waals surface area contributed by atoms with Crippen LogP contribution in [0.25, 0.3) is 0 Å². The summed E-state index contributed by atoms with van der Waals surface area (Å²) in [7, 11) is -4.91. The Morgan fingerprint density at radius 3 is 2.21 bits per heavy atom. The molecule has 0 aliphatic heterocycles. The monoisotopic (exact) mass is 218 g/mol. The maximum atomic E-state index is 9.45. The van der Waals surface area contributed by atoms with Crippen LogP contribution < -0.4 is 0 Å². The maximum absolute atomic E-state index is 9.45. The molecule has 1 rings (SSSR count). The van der Waals surface area contributed by atoms with Crippen molar-refractivity contribution in [1.82, 2.24) is 0 Å². The van der Waals surface area contributed by atoms with Gasteiger partial charge in [-0.15, -0.1) is 0 Å². The Bertz CT molecular complexity index is 291. The molecule has 0 aliphatic carbocycles. The molecule has 0 saturated heterocycles. The molecule has 4 nitrogen and oxygen atoms in total. The van der Waals surface area contributed by atoms with E-state index in [0.29, 0.717) is 5.56 Å². The Labute approximate surface area is 83.0 Å². The zero-order chi connectivity index (χ0) is 10.7. The first kappa shape index (κ1) is 11.6. The molecule has 0 aromatic heterocycles. The molecule has 0 spiro atoms. The van der Waals surface area contributed by atoms with Crippen LogP contribution in [0.4, 0.5) is 0 Å². The van der Waals surface area contributed by atoms with E-state index in [4.69, 9.17) is 0 Å². The van der Waals surface area contributed by atoms with Crippen molar-refractivity contribution in [3.8, 4) is 0 Å². The summed E-state index contributed by atoms with van der Waals surface area (Å²) < 4.78 is 4.62. The molecule has 0 saturated carbocycles. The summed E-state index contributed by atoms with van der Waals surface area (Å²) in [5, 5.41) is 0. The van der Waals surface area contributed by atoms with Crippen molar-refractivity contribution in [2.75, 3.05) is 6.61 Å². The quantitative estimate of drug-likeness (QED) is 0.668. The topological polar surface area (TPSA) is 69.9 Å². The van der Waals surface area contributed by atoms with Gasteiger partial charge in [-0.05, 0) is 0 Å². The van der Waals surface area contributed by atoms with E-state index >= 15 is 0 Å². The van der Waals surface area contributed by atoms with Crippen LogP contribution in [0.2, 0.25) is 0 Å². The fraction of sp³-hybridized carbons (Fsp3) is 0.333. The second-order valence-corrected chi connectivity index (χ2v) is 5.84. The molecule has 0 radical (unpaired) electrons. The summed E-state index contributed by atoms with van der Waals surface area (Å²) >= 11 is 0. The second-order valence-electron chi connectivity index (χ2n) is 3.13. The van der Waals surface area contributed by atoms with Gasteiger partial charge in [-0.1, -0.05) is 0 Å². The first-order valence-electron chi connectivity index (χ1n) is 4.36.